The normalized spacial score (nSPS) is 18.4. The van der Waals surface area contributed by atoms with Crippen molar-refractivity contribution in [2.24, 2.45) is 11.7 Å². The Balaban J connectivity index is 1.55. The lowest BCUT2D eigenvalue weighted by Crippen LogP contribution is -2.53. The van der Waals surface area contributed by atoms with Crippen LogP contribution in [0.1, 0.15) is 27.1 Å². The molecule has 0 saturated carbocycles. The topological polar surface area (TPSA) is 169 Å². The largest absolute Gasteiger partial charge is 0.481 e. The first kappa shape index (κ1) is 27.7. The number of aliphatic carboxylic acids is 1. The van der Waals surface area contributed by atoms with Crippen molar-refractivity contribution in [1.82, 2.24) is 4.90 Å². The maximum absolute atomic E-state index is 14.6. The van der Waals surface area contributed by atoms with Crippen LogP contribution in [0.25, 0.3) is 0 Å². The second-order valence-corrected chi connectivity index (χ2v) is 8.99. The van der Waals surface area contributed by atoms with E-state index in [0.29, 0.717) is 26.3 Å². The van der Waals surface area contributed by atoms with Crippen molar-refractivity contribution in [3.05, 3.63) is 59.4 Å². The first-order valence-electron chi connectivity index (χ1n) is 12.2. The van der Waals surface area contributed by atoms with Gasteiger partial charge in [-0.05, 0) is 42.5 Å². The van der Waals surface area contributed by atoms with Gasteiger partial charge in [0, 0.05) is 36.6 Å². The SMILES string of the molecule is NC(=O)c1ccc(NC(=O)[C@H](CC(=O)O)[C@H]2OCCN(c3ccc(F)c(C(=O)N4CCOCC4)c3)C2=O)cc1. The molecule has 4 amide bonds. The number of amides is 4. The average Bonchev–Trinajstić information content (AvgIpc) is 2.92. The van der Waals surface area contributed by atoms with E-state index in [1.807, 2.05) is 0 Å². The van der Waals surface area contributed by atoms with Gasteiger partial charge in [-0.15, -0.1) is 0 Å². The fourth-order valence-corrected chi connectivity index (χ4v) is 4.41. The van der Waals surface area contributed by atoms with Gasteiger partial charge < -0.3 is 35.4 Å². The summed E-state index contributed by atoms with van der Waals surface area (Å²) in [5.74, 6) is -6.18. The number of nitrogens with zero attached hydrogens (tertiary/aromatic N) is 2. The van der Waals surface area contributed by atoms with E-state index in [1.165, 1.54) is 46.2 Å². The lowest BCUT2D eigenvalue weighted by atomic mass is 9.94. The zero-order valence-corrected chi connectivity index (χ0v) is 20.8. The Morgan fingerprint density at radius 1 is 1.05 bits per heavy atom. The van der Waals surface area contributed by atoms with Crippen LogP contribution in [0, 0.1) is 11.7 Å². The number of hydrogen-bond donors (Lipinski definition) is 3. The molecule has 12 nitrogen and oxygen atoms in total. The highest BCUT2D eigenvalue weighted by Gasteiger charge is 2.41. The van der Waals surface area contributed by atoms with Gasteiger partial charge in [0.2, 0.25) is 11.8 Å². The van der Waals surface area contributed by atoms with Crippen molar-refractivity contribution in [2.75, 3.05) is 49.7 Å². The minimum Gasteiger partial charge on any atom is -0.481 e. The number of carbonyl (C=O) groups excluding carboxylic acids is 4. The summed E-state index contributed by atoms with van der Waals surface area (Å²) in [5, 5.41) is 12.0. The molecule has 2 aliphatic heterocycles. The van der Waals surface area contributed by atoms with Gasteiger partial charge >= 0.3 is 5.97 Å². The summed E-state index contributed by atoms with van der Waals surface area (Å²) in [4.78, 5) is 65.0. The Bertz CT molecular complexity index is 1280. The first-order chi connectivity index (χ1) is 18.7. The zero-order valence-electron chi connectivity index (χ0n) is 20.8. The van der Waals surface area contributed by atoms with E-state index in [-0.39, 0.29) is 35.7 Å². The van der Waals surface area contributed by atoms with E-state index < -0.39 is 53.9 Å². The molecule has 0 bridgehead atoms. The van der Waals surface area contributed by atoms with E-state index >= 15 is 0 Å². The standard InChI is InChI=1S/C26H27FN4O8/c27-20-6-5-17(13-18(20)25(36)30-7-10-38-11-8-30)31-9-12-39-22(26(31)37)19(14-21(32)33)24(35)29-16-3-1-15(2-4-16)23(28)34/h1-6,13,19,22H,7-12,14H2,(H2,28,34)(H,29,35)(H,32,33)/t19-,22-/m1/s1. The number of rotatable bonds is 8. The third-order valence-electron chi connectivity index (χ3n) is 6.45. The van der Waals surface area contributed by atoms with Crippen LogP contribution >= 0.6 is 0 Å². The molecule has 0 aromatic heterocycles. The van der Waals surface area contributed by atoms with Crippen molar-refractivity contribution in [3.8, 4) is 0 Å². The number of primary amides is 1. The Hall–Kier alpha value is -4.36. The Labute approximate surface area is 222 Å². The third kappa shape index (κ3) is 6.38. The lowest BCUT2D eigenvalue weighted by molar-refractivity contribution is -0.149. The molecular formula is C26H27FN4O8. The van der Waals surface area contributed by atoms with Crippen molar-refractivity contribution < 1.29 is 42.9 Å². The highest BCUT2D eigenvalue weighted by molar-refractivity contribution is 6.04. The van der Waals surface area contributed by atoms with Gasteiger partial charge in [0.05, 0.1) is 37.7 Å². The van der Waals surface area contributed by atoms with Crippen molar-refractivity contribution in [3.63, 3.8) is 0 Å². The van der Waals surface area contributed by atoms with Gasteiger partial charge in [-0.2, -0.15) is 0 Å². The number of hydrogen-bond acceptors (Lipinski definition) is 7. The highest BCUT2D eigenvalue weighted by Crippen LogP contribution is 2.27. The van der Waals surface area contributed by atoms with Gasteiger partial charge in [-0.1, -0.05) is 0 Å². The number of benzene rings is 2. The molecule has 2 atom stereocenters. The van der Waals surface area contributed by atoms with Crippen LogP contribution in [0.4, 0.5) is 15.8 Å². The first-order valence-corrected chi connectivity index (χ1v) is 12.2. The number of ether oxygens (including phenoxy) is 2. The van der Waals surface area contributed by atoms with E-state index in [1.54, 1.807) is 0 Å². The van der Waals surface area contributed by atoms with Gasteiger partial charge in [-0.25, -0.2) is 4.39 Å². The van der Waals surface area contributed by atoms with Gasteiger partial charge in [-0.3, -0.25) is 24.0 Å². The second kappa shape index (κ2) is 12.0. The van der Waals surface area contributed by atoms with Crippen LogP contribution in [0.2, 0.25) is 0 Å². The molecule has 2 aromatic rings. The Kier molecular flexibility index (Phi) is 8.52. The molecule has 2 saturated heterocycles. The van der Waals surface area contributed by atoms with E-state index in [2.05, 4.69) is 5.32 Å². The van der Waals surface area contributed by atoms with Crippen molar-refractivity contribution in [1.29, 1.82) is 0 Å². The number of carbonyl (C=O) groups is 5. The molecule has 0 spiro atoms. The number of nitrogens with one attached hydrogen (secondary N) is 1. The van der Waals surface area contributed by atoms with Crippen LogP contribution in [0.5, 0.6) is 0 Å². The molecule has 0 radical (unpaired) electrons. The van der Waals surface area contributed by atoms with Crippen LogP contribution in [0.3, 0.4) is 0 Å². The number of carboxylic acids is 1. The lowest BCUT2D eigenvalue weighted by Gasteiger charge is -2.35. The predicted molar refractivity (Wildman–Crippen MR) is 135 cm³/mol. The summed E-state index contributed by atoms with van der Waals surface area (Å²) >= 11 is 0. The van der Waals surface area contributed by atoms with E-state index in [4.69, 9.17) is 15.2 Å². The fraction of sp³-hybridized carbons (Fsp3) is 0.346. The molecular weight excluding hydrogens is 515 g/mol. The third-order valence-corrected chi connectivity index (χ3v) is 6.45. The van der Waals surface area contributed by atoms with Gasteiger partial charge in [0.25, 0.3) is 11.8 Å². The highest BCUT2D eigenvalue weighted by atomic mass is 19.1. The number of halogens is 1. The van der Waals surface area contributed by atoms with E-state index in [0.717, 1.165) is 6.07 Å². The number of nitrogens with two attached hydrogens (primary N) is 1. The smallest absolute Gasteiger partial charge is 0.304 e. The van der Waals surface area contributed by atoms with Crippen LogP contribution in [-0.2, 0) is 23.9 Å². The average molecular weight is 543 g/mol. The fourth-order valence-electron chi connectivity index (χ4n) is 4.41. The summed E-state index contributed by atoms with van der Waals surface area (Å²) in [6, 6.07) is 9.28. The van der Waals surface area contributed by atoms with Crippen molar-refractivity contribution >= 4 is 41.0 Å². The molecule has 206 valence electrons. The number of anilines is 2. The summed E-state index contributed by atoms with van der Waals surface area (Å²) in [5.41, 5.74) is 5.68. The molecule has 4 N–H and O–H groups in total. The molecule has 2 aliphatic rings. The molecule has 2 heterocycles. The summed E-state index contributed by atoms with van der Waals surface area (Å²) < 4.78 is 25.4. The monoisotopic (exact) mass is 542 g/mol. The maximum atomic E-state index is 14.6. The molecule has 13 heteroatoms. The van der Waals surface area contributed by atoms with Gasteiger partial charge in [0.15, 0.2) is 0 Å². The van der Waals surface area contributed by atoms with Crippen molar-refractivity contribution in [2.45, 2.75) is 12.5 Å². The summed E-state index contributed by atoms with van der Waals surface area (Å²) in [6.45, 7) is 1.29. The minimum absolute atomic E-state index is 0.0305. The van der Waals surface area contributed by atoms with Crippen LogP contribution in [0.15, 0.2) is 42.5 Å². The van der Waals surface area contributed by atoms with Crippen LogP contribution < -0.4 is 16.0 Å². The summed E-state index contributed by atoms with van der Waals surface area (Å²) in [6.07, 6.45) is -2.16. The Morgan fingerprint density at radius 3 is 2.38 bits per heavy atom. The molecule has 2 fully saturated rings. The van der Waals surface area contributed by atoms with E-state index in [9.17, 15) is 33.5 Å². The molecule has 2 aromatic carbocycles. The predicted octanol–water partition coefficient (Wildman–Crippen LogP) is 0.858. The molecule has 0 unspecified atom stereocenters. The number of morpholine rings is 2. The van der Waals surface area contributed by atoms with Gasteiger partial charge in [0.1, 0.15) is 11.9 Å². The number of carboxylic acid groups (broad SMARTS) is 1. The quantitative estimate of drug-likeness (QED) is 0.441. The Morgan fingerprint density at radius 2 is 1.74 bits per heavy atom. The zero-order chi connectivity index (χ0) is 28.1. The summed E-state index contributed by atoms with van der Waals surface area (Å²) in [7, 11) is 0. The second-order valence-electron chi connectivity index (χ2n) is 8.99. The molecule has 39 heavy (non-hydrogen) atoms. The van der Waals surface area contributed by atoms with Crippen LogP contribution in [-0.4, -0.2) is 85.2 Å². The molecule has 4 rings (SSSR count). The minimum atomic E-state index is -1.46. The molecule has 0 aliphatic carbocycles. The maximum Gasteiger partial charge on any atom is 0.304 e.